The van der Waals surface area contributed by atoms with Crippen molar-refractivity contribution >= 4 is 10.1 Å². The van der Waals surface area contributed by atoms with Crippen LogP contribution in [-0.2, 0) is 14.5 Å². The number of alkyl halides is 5. The minimum absolute atomic E-state index is 0.618. The first kappa shape index (κ1) is 15.0. The molecule has 0 unspecified atom stereocenters. The zero-order valence-electron chi connectivity index (χ0n) is 5.98. The van der Waals surface area contributed by atoms with Gasteiger partial charge in [-0.05, 0) is 4.53 Å². The van der Waals surface area contributed by atoms with E-state index in [0.29, 0.717) is 6.26 Å². The van der Waals surface area contributed by atoms with Crippen molar-refractivity contribution in [2.75, 3.05) is 6.26 Å². The van der Waals surface area contributed by atoms with E-state index < -0.39 is 22.7 Å². The Morgan fingerprint density at radius 3 is 1.38 bits per heavy atom. The zero-order chi connectivity index (χ0) is 11.3. The van der Waals surface area contributed by atoms with Crippen LogP contribution in [0.4, 0.5) is 26.5 Å². The third-order valence-electron chi connectivity index (χ3n) is 0.362. The van der Waals surface area contributed by atoms with E-state index in [1.54, 1.807) is 0 Å². The number of halogens is 6. The van der Waals surface area contributed by atoms with Gasteiger partial charge in [0.05, 0.1) is 6.26 Å². The maximum absolute atomic E-state index is 10.4. The first-order valence-corrected chi connectivity index (χ1v) is 4.17. The van der Waals surface area contributed by atoms with Crippen LogP contribution < -0.4 is 0 Å². The molecule has 0 aliphatic rings. The molecule has 0 radical (unpaired) electrons. The molecule has 0 heterocycles. The molecule has 0 bridgehead atoms. The fraction of sp³-hybridized carbons (Fsp3) is 1.00. The van der Waals surface area contributed by atoms with E-state index in [4.69, 9.17) is 0 Å². The highest BCUT2D eigenvalue weighted by Crippen LogP contribution is 2.22. The minimum atomic E-state index is -5.33. The first-order chi connectivity index (χ1) is 5.50. The van der Waals surface area contributed by atoms with Crippen molar-refractivity contribution in [1.29, 1.82) is 0 Å². The summed E-state index contributed by atoms with van der Waals surface area (Å²) in [6, 6.07) is 0. The maximum Gasteiger partial charge on any atom is 0.450 e. The Balaban J connectivity index is 0. The minimum Gasteiger partial charge on any atom is -0.200 e. The van der Waals surface area contributed by atoms with Crippen LogP contribution in [0.5, 0.6) is 0 Å². The molecule has 0 aromatic rings. The molecule has 0 fully saturated rings. The van der Waals surface area contributed by atoms with E-state index in [-0.39, 0.29) is 0 Å². The van der Waals surface area contributed by atoms with Crippen molar-refractivity contribution in [2.45, 2.75) is 12.6 Å². The van der Waals surface area contributed by atoms with Gasteiger partial charge < -0.3 is 0 Å². The van der Waals surface area contributed by atoms with Crippen LogP contribution in [0.15, 0.2) is 0 Å². The van der Waals surface area contributed by atoms with E-state index in [1.165, 1.54) is 0 Å². The van der Waals surface area contributed by atoms with E-state index in [9.17, 15) is 34.9 Å². The second-order valence-electron chi connectivity index (χ2n) is 1.61. The molecule has 0 spiro atoms. The van der Waals surface area contributed by atoms with E-state index in [2.05, 4.69) is 4.39 Å². The predicted octanol–water partition coefficient (Wildman–Crippen LogP) is 1.66. The quantitative estimate of drug-likeness (QED) is 0.648. The fourth-order valence-electron chi connectivity index (χ4n) is 0. The molecule has 0 saturated carbocycles. The summed E-state index contributed by atoms with van der Waals surface area (Å²) in [6.07, 6.45) is -8.92. The van der Waals surface area contributed by atoms with Crippen LogP contribution in [0.3, 0.4) is 0 Å². The van der Waals surface area contributed by atoms with Gasteiger partial charge in [0.1, 0.15) is 0 Å². The molecule has 0 rings (SSSR count). The van der Waals surface area contributed by atoms with Crippen LogP contribution in [-0.4, -0.2) is 27.3 Å². The van der Waals surface area contributed by atoms with Crippen LogP contribution in [0.1, 0.15) is 0 Å². The molecule has 0 aliphatic carbocycles. The number of rotatable bonds is 1. The Morgan fingerprint density at radius 1 is 1.23 bits per heavy atom. The number of hydrogen-bond acceptors (Lipinski definition) is 3. The van der Waals surface area contributed by atoms with Crippen molar-refractivity contribution in [3.05, 3.63) is 0 Å². The van der Waals surface area contributed by atoms with Gasteiger partial charge in [0.15, 0.2) is 0 Å². The summed E-state index contributed by atoms with van der Waals surface area (Å²) in [7, 11) is -3.83. The second kappa shape index (κ2) is 5.27. The topological polar surface area (TPSA) is 43.4 Å². The molecule has 10 heteroatoms. The van der Waals surface area contributed by atoms with Gasteiger partial charge in [-0.15, -0.1) is 0 Å². The molecular weight excluding hydrogens is 230 g/mol. The lowest BCUT2D eigenvalue weighted by Crippen LogP contribution is -2.18. The van der Waals surface area contributed by atoms with Gasteiger partial charge in [0.25, 0.3) is 10.1 Å². The lowest BCUT2D eigenvalue weighted by molar-refractivity contribution is -0.219. The lowest BCUT2D eigenvalue weighted by Gasteiger charge is -2.00. The average molecular weight is 234 g/mol. The second-order valence-corrected chi connectivity index (χ2v) is 3.14. The van der Waals surface area contributed by atoms with Gasteiger partial charge in [0, 0.05) is 0 Å². The maximum atomic E-state index is 10.4. The summed E-state index contributed by atoms with van der Waals surface area (Å²) in [5, 5.41) is 0. The summed E-state index contributed by atoms with van der Waals surface area (Å²) in [5.41, 5.74) is 0. The summed E-state index contributed by atoms with van der Waals surface area (Å²) in [6.45, 7) is 0. The molecule has 82 valence electrons. The molecule has 3 nitrogen and oxygen atoms in total. The van der Waals surface area contributed by atoms with E-state index in [0.717, 1.165) is 0 Å². The molecule has 0 amide bonds. The smallest absolute Gasteiger partial charge is 0.200 e. The van der Waals surface area contributed by atoms with Crippen LogP contribution >= 0.6 is 0 Å². The Labute approximate surface area is 69.3 Å². The van der Waals surface area contributed by atoms with Crippen molar-refractivity contribution in [2.24, 2.45) is 0 Å². The highest BCUT2D eigenvalue weighted by atomic mass is 32.2. The van der Waals surface area contributed by atoms with Gasteiger partial charge in [0.2, 0.25) is 0 Å². The predicted molar refractivity (Wildman–Crippen MR) is 29.1 cm³/mol. The lowest BCUT2D eigenvalue weighted by atomic mass is 10.7. The van der Waals surface area contributed by atoms with Gasteiger partial charge >= 0.3 is 12.6 Å². The number of hydrogen-bond donors (Lipinski definition) is 0. The van der Waals surface area contributed by atoms with Gasteiger partial charge in [-0.25, -0.2) is 8.78 Å². The standard InChI is InChI=1S/C2HF5.CH3FO3S/c3-1(4)2(5,6)7;1-6(3,4)5-2/h1H;1H3. The monoisotopic (exact) mass is 234 g/mol. The van der Waals surface area contributed by atoms with Gasteiger partial charge in [-0.2, -0.15) is 21.6 Å². The average Bonchev–Trinajstić information content (AvgIpc) is 1.85. The first-order valence-electron chi connectivity index (χ1n) is 2.35. The Morgan fingerprint density at radius 2 is 1.38 bits per heavy atom. The SMILES string of the molecule is CS(=O)(=O)OF.FC(F)C(F)(F)F. The molecule has 0 N–H and O–H groups in total. The fourth-order valence-corrected chi connectivity index (χ4v) is 0. The van der Waals surface area contributed by atoms with Crippen LogP contribution in [0.2, 0.25) is 0 Å². The summed E-state index contributed by atoms with van der Waals surface area (Å²) < 4.78 is 83.7. The molecule has 0 aromatic carbocycles. The van der Waals surface area contributed by atoms with Crippen molar-refractivity contribution < 1.29 is 39.3 Å². The summed E-state index contributed by atoms with van der Waals surface area (Å²) in [4.78, 5) is 0. The molecule has 0 atom stereocenters. The summed E-state index contributed by atoms with van der Waals surface area (Å²) in [5.74, 6) is 0. The zero-order valence-corrected chi connectivity index (χ0v) is 6.79. The van der Waals surface area contributed by atoms with E-state index in [1.807, 2.05) is 0 Å². The molecule has 13 heavy (non-hydrogen) atoms. The third-order valence-corrected chi connectivity index (χ3v) is 0.591. The van der Waals surface area contributed by atoms with Crippen LogP contribution in [0.25, 0.3) is 0 Å². The van der Waals surface area contributed by atoms with Crippen molar-refractivity contribution in [3.63, 3.8) is 0 Å². The Kier molecular flexibility index (Phi) is 6.07. The Hall–Kier alpha value is -0.510. The van der Waals surface area contributed by atoms with Crippen molar-refractivity contribution in [1.82, 2.24) is 0 Å². The van der Waals surface area contributed by atoms with E-state index >= 15 is 0 Å². The van der Waals surface area contributed by atoms with Gasteiger partial charge in [-0.3, -0.25) is 0 Å². The normalized spacial score (nSPS) is 12.3. The highest BCUT2D eigenvalue weighted by molar-refractivity contribution is 7.85. The largest absolute Gasteiger partial charge is 0.450 e. The summed E-state index contributed by atoms with van der Waals surface area (Å²) >= 11 is 0. The molecule has 0 saturated heterocycles. The highest BCUT2D eigenvalue weighted by Gasteiger charge is 2.40. The molecular formula is C3H4F6O3S. The molecule has 0 aliphatic heterocycles. The van der Waals surface area contributed by atoms with Gasteiger partial charge in [-0.1, -0.05) is 4.39 Å². The molecule has 0 aromatic heterocycles. The third kappa shape index (κ3) is 14.4. The van der Waals surface area contributed by atoms with Crippen LogP contribution in [0, 0.1) is 0 Å². The Bertz CT molecular complexity index is 218. The van der Waals surface area contributed by atoms with Crippen molar-refractivity contribution in [3.8, 4) is 0 Å².